The lowest BCUT2D eigenvalue weighted by atomic mass is 10.1. The second-order valence-electron chi connectivity index (χ2n) is 6.27. The van der Waals surface area contributed by atoms with Gasteiger partial charge in [0.05, 0.1) is 17.8 Å². The molecule has 1 aliphatic heterocycles. The van der Waals surface area contributed by atoms with Gasteiger partial charge in [-0.2, -0.15) is 0 Å². The average Bonchev–Trinajstić information content (AvgIpc) is 3.33. The Hall–Kier alpha value is -2.62. The van der Waals surface area contributed by atoms with Gasteiger partial charge in [-0.15, -0.1) is 0 Å². The van der Waals surface area contributed by atoms with Crippen molar-refractivity contribution in [1.29, 1.82) is 0 Å². The molecule has 1 fully saturated rings. The molecule has 3 aromatic rings. The lowest BCUT2D eigenvalue weighted by molar-refractivity contribution is -0.125. The zero-order valence-corrected chi connectivity index (χ0v) is 13.4. The number of carbonyl (C=O) groups is 1. The first kappa shape index (κ1) is 14.0. The van der Waals surface area contributed by atoms with Crippen LogP contribution in [0.1, 0.15) is 16.8 Å². The molecule has 1 aromatic carbocycles. The molecule has 1 amide bonds. The highest BCUT2D eigenvalue weighted by atomic mass is 16.2. The SMILES string of the molecule is Cc1ccc(-c2nc3ccc(C)cn3c2CC(=O)N2CC2)cc1. The number of amides is 1. The minimum atomic E-state index is 0.182. The van der Waals surface area contributed by atoms with Gasteiger partial charge in [0.2, 0.25) is 5.91 Å². The Kier molecular flexibility index (Phi) is 3.18. The van der Waals surface area contributed by atoms with Crippen LogP contribution < -0.4 is 0 Å². The summed E-state index contributed by atoms with van der Waals surface area (Å²) >= 11 is 0. The van der Waals surface area contributed by atoms with Gasteiger partial charge < -0.3 is 9.30 Å². The van der Waals surface area contributed by atoms with E-state index in [4.69, 9.17) is 4.98 Å². The third-order valence-corrected chi connectivity index (χ3v) is 4.31. The molecule has 23 heavy (non-hydrogen) atoms. The molecule has 0 radical (unpaired) electrons. The van der Waals surface area contributed by atoms with E-state index < -0.39 is 0 Å². The van der Waals surface area contributed by atoms with E-state index in [1.54, 1.807) is 0 Å². The number of nitrogens with zero attached hydrogens (tertiary/aromatic N) is 3. The first-order valence-electron chi connectivity index (χ1n) is 7.94. The molecule has 4 rings (SSSR count). The summed E-state index contributed by atoms with van der Waals surface area (Å²) in [6, 6.07) is 12.4. The van der Waals surface area contributed by atoms with E-state index in [2.05, 4.69) is 54.8 Å². The van der Waals surface area contributed by atoms with Crippen molar-refractivity contribution in [2.75, 3.05) is 13.1 Å². The van der Waals surface area contributed by atoms with E-state index in [1.165, 1.54) is 5.56 Å². The van der Waals surface area contributed by atoms with Gasteiger partial charge in [-0.3, -0.25) is 4.79 Å². The van der Waals surface area contributed by atoms with Crippen molar-refractivity contribution in [2.24, 2.45) is 0 Å². The van der Waals surface area contributed by atoms with Gasteiger partial charge >= 0.3 is 0 Å². The Morgan fingerprint density at radius 3 is 2.43 bits per heavy atom. The highest BCUT2D eigenvalue weighted by Gasteiger charge is 2.26. The second-order valence-corrected chi connectivity index (χ2v) is 6.27. The van der Waals surface area contributed by atoms with Gasteiger partial charge in [-0.05, 0) is 25.5 Å². The number of aryl methyl sites for hydroxylation is 2. The minimum absolute atomic E-state index is 0.182. The zero-order chi connectivity index (χ0) is 16.0. The fourth-order valence-electron chi connectivity index (χ4n) is 2.87. The quantitative estimate of drug-likeness (QED) is 0.698. The van der Waals surface area contributed by atoms with Crippen molar-refractivity contribution in [3.8, 4) is 11.3 Å². The Bertz CT molecular complexity index is 889. The third kappa shape index (κ3) is 2.61. The first-order valence-corrected chi connectivity index (χ1v) is 7.94. The highest BCUT2D eigenvalue weighted by Crippen LogP contribution is 2.26. The number of benzene rings is 1. The zero-order valence-electron chi connectivity index (χ0n) is 13.4. The monoisotopic (exact) mass is 305 g/mol. The van der Waals surface area contributed by atoms with Crippen LogP contribution in [0.25, 0.3) is 16.9 Å². The number of rotatable bonds is 3. The number of imidazole rings is 1. The molecule has 4 heteroatoms. The predicted molar refractivity (Wildman–Crippen MR) is 90.4 cm³/mol. The van der Waals surface area contributed by atoms with Crippen LogP contribution in [0.15, 0.2) is 42.6 Å². The van der Waals surface area contributed by atoms with E-state index in [1.807, 2.05) is 11.0 Å². The average molecular weight is 305 g/mol. The van der Waals surface area contributed by atoms with Crippen molar-refractivity contribution in [3.05, 3.63) is 59.4 Å². The van der Waals surface area contributed by atoms with Crippen LogP contribution in [0.2, 0.25) is 0 Å². The maximum absolute atomic E-state index is 12.3. The van der Waals surface area contributed by atoms with E-state index >= 15 is 0 Å². The van der Waals surface area contributed by atoms with Crippen LogP contribution in [0.3, 0.4) is 0 Å². The molecule has 0 spiro atoms. The summed E-state index contributed by atoms with van der Waals surface area (Å²) in [5.74, 6) is 0.182. The number of hydrogen-bond donors (Lipinski definition) is 0. The molecule has 2 aromatic heterocycles. The lowest BCUT2D eigenvalue weighted by Crippen LogP contribution is -2.15. The van der Waals surface area contributed by atoms with Crippen LogP contribution in [-0.4, -0.2) is 33.3 Å². The van der Waals surface area contributed by atoms with Gasteiger partial charge in [0.15, 0.2) is 0 Å². The van der Waals surface area contributed by atoms with Crippen molar-refractivity contribution >= 4 is 11.6 Å². The van der Waals surface area contributed by atoms with Crippen LogP contribution in [-0.2, 0) is 11.2 Å². The molecule has 0 bridgehead atoms. The van der Waals surface area contributed by atoms with Crippen molar-refractivity contribution in [3.63, 3.8) is 0 Å². The van der Waals surface area contributed by atoms with Gasteiger partial charge in [0.1, 0.15) is 5.65 Å². The second kappa shape index (κ2) is 5.23. The van der Waals surface area contributed by atoms with E-state index in [9.17, 15) is 4.79 Å². The summed E-state index contributed by atoms with van der Waals surface area (Å²) in [5.41, 5.74) is 6.21. The Balaban J connectivity index is 1.87. The molecule has 4 nitrogen and oxygen atoms in total. The highest BCUT2D eigenvalue weighted by molar-refractivity contribution is 5.83. The van der Waals surface area contributed by atoms with E-state index in [0.717, 1.165) is 41.3 Å². The Labute approximate surface area is 135 Å². The molecule has 3 heterocycles. The topological polar surface area (TPSA) is 37.4 Å². The minimum Gasteiger partial charge on any atom is -0.339 e. The molecule has 0 saturated carbocycles. The van der Waals surface area contributed by atoms with Crippen LogP contribution in [0, 0.1) is 13.8 Å². The summed E-state index contributed by atoms with van der Waals surface area (Å²) in [6.45, 7) is 5.89. The van der Waals surface area contributed by atoms with Gasteiger partial charge in [0, 0.05) is 24.8 Å². The molecule has 0 aliphatic carbocycles. The number of pyridine rings is 1. The van der Waals surface area contributed by atoms with Crippen LogP contribution >= 0.6 is 0 Å². The van der Waals surface area contributed by atoms with Crippen LogP contribution in [0.5, 0.6) is 0 Å². The van der Waals surface area contributed by atoms with Crippen molar-refractivity contribution < 1.29 is 4.79 Å². The number of carbonyl (C=O) groups excluding carboxylic acids is 1. The smallest absolute Gasteiger partial charge is 0.228 e. The summed E-state index contributed by atoms with van der Waals surface area (Å²) in [6.07, 6.45) is 2.46. The molecule has 0 atom stereocenters. The predicted octanol–water partition coefficient (Wildman–Crippen LogP) is 3.00. The lowest BCUT2D eigenvalue weighted by Gasteiger charge is -2.06. The molecular weight excluding hydrogens is 286 g/mol. The standard InChI is InChI=1S/C19H19N3O/c1-13-3-6-15(7-4-13)19-16(11-18(23)21-9-10-21)22-12-14(2)5-8-17(22)20-19/h3-8,12H,9-11H2,1-2H3. The Morgan fingerprint density at radius 2 is 1.74 bits per heavy atom. The normalized spacial score (nSPS) is 13.6. The number of aromatic nitrogens is 2. The van der Waals surface area contributed by atoms with Crippen molar-refractivity contribution in [2.45, 2.75) is 20.3 Å². The van der Waals surface area contributed by atoms with Crippen LogP contribution in [0.4, 0.5) is 0 Å². The largest absolute Gasteiger partial charge is 0.339 e. The maximum atomic E-state index is 12.3. The summed E-state index contributed by atoms with van der Waals surface area (Å²) in [4.78, 5) is 19.0. The molecular formula is C19H19N3O. The molecule has 1 aliphatic rings. The molecule has 116 valence electrons. The van der Waals surface area contributed by atoms with E-state index in [-0.39, 0.29) is 5.91 Å². The fraction of sp³-hybridized carbons (Fsp3) is 0.263. The molecule has 0 unspecified atom stereocenters. The summed E-state index contributed by atoms with van der Waals surface area (Å²) < 4.78 is 2.06. The van der Waals surface area contributed by atoms with Gasteiger partial charge in [-0.25, -0.2) is 4.98 Å². The maximum Gasteiger partial charge on any atom is 0.228 e. The van der Waals surface area contributed by atoms with E-state index in [0.29, 0.717) is 6.42 Å². The third-order valence-electron chi connectivity index (χ3n) is 4.31. The number of hydrogen-bond acceptors (Lipinski definition) is 2. The van der Waals surface area contributed by atoms with Gasteiger partial charge in [0.25, 0.3) is 0 Å². The van der Waals surface area contributed by atoms with Gasteiger partial charge in [-0.1, -0.05) is 35.9 Å². The molecule has 0 N–H and O–H groups in total. The Morgan fingerprint density at radius 1 is 1.04 bits per heavy atom. The summed E-state index contributed by atoms with van der Waals surface area (Å²) in [7, 11) is 0. The van der Waals surface area contributed by atoms with Crippen molar-refractivity contribution in [1.82, 2.24) is 14.3 Å². The summed E-state index contributed by atoms with van der Waals surface area (Å²) in [5, 5.41) is 0. The molecule has 1 saturated heterocycles. The number of fused-ring (bicyclic) bond motifs is 1. The first-order chi connectivity index (χ1) is 11.1. The fourth-order valence-corrected chi connectivity index (χ4v) is 2.87.